The average Bonchev–Trinajstić information content (AvgIpc) is 2.86. The second-order valence-electron chi connectivity index (χ2n) is 5.44. The number of aryl methyl sites for hydroxylation is 1. The van der Waals surface area contributed by atoms with Gasteiger partial charge >= 0.3 is 0 Å². The number of halogens is 1. The molecule has 0 saturated carbocycles. The zero-order valence-electron chi connectivity index (χ0n) is 12.4. The van der Waals surface area contributed by atoms with Gasteiger partial charge < -0.3 is 10.1 Å². The van der Waals surface area contributed by atoms with E-state index in [1.54, 1.807) is 6.20 Å². The molecule has 0 bridgehead atoms. The smallest absolute Gasteiger partial charge is 0.0834 e. The van der Waals surface area contributed by atoms with Crippen LogP contribution in [0.15, 0.2) is 6.20 Å². The Morgan fingerprint density at radius 3 is 2.58 bits per heavy atom. The Kier molecular flexibility index (Phi) is 4.54. The number of hydrogen-bond donors (Lipinski definition) is 1. The molecule has 0 aliphatic carbocycles. The summed E-state index contributed by atoms with van der Waals surface area (Å²) in [7, 11) is 1.98. The van der Waals surface area contributed by atoms with E-state index < -0.39 is 0 Å². The van der Waals surface area contributed by atoms with Gasteiger partial charge in [-0.15, -0.1) is 0 Å². The van der Waals surface area contributed by atoms with Gasteiger partial charge in [0.15, 0.2) is 0 Å². The van der Waals surface area contributed by atoms with Crippen LogP contribution in [0, 0.1) is 11.8 Å². The van der Waals surface area contributed by atoms with Crippen molar-refractivity contribution < 1.29 is 4.74 Å². The minimum absolute atomic E-state index is 0.171. The molecule has 5 heteroatoms. The van der Waals surface area contributed by atoms with Crippen molar-refractivity contribution in [2.24, 2.45) is 11.8 Å². The lowest BCUT2D eigenvalue weighted by Crippen LogP contribution is -2.34. The Morgan fingerprint density at radius 2 is 2.11 bits per heavy atom. The fourth-order valence-corrected chi connectivity index (χ4v) is 3.57. The molecule has 1 fully saturated rings. The maximum atomic E-state index is 6.34. The normalized spacial score (nSPS) is 32.7. The van der Waals surface area contributed by atoms with E-state index in [0.29, 0.717) is 11.8 Å². The van der Waals surface area contributed by atoms with Crippen molar-refractivity contribution in [1.29, 1.82) is 0 Å². The SMILES string of the molecule is CCn1ncc(Cl)c1C(NC)C1C(C)OC(C)C1C. The third-order valence-corrected chi connectivity index (χ3v) is 4.73. The summed E-state index contributed by atoms with van der Waals surface area (Å²) < 4.78 is 7.95. The second-order valence-corrected chi connectivity index (χ2v) is 5.85. The van der Waals surface area contributed by atoms with Crippen molar-refractivity contribution in [2.75, 3.05) is 7.05 Å². The molecular weight excluding hydrogens is 262 g/mol. The summed E-state index contributed by atoms with van der Waals surface area (Å²) in [4.78, 5) is 0. The van der Waals surface area contributed by atoms with Crippen molar-refractivity contribution in [3.8, 4) is 0 Å². The molecule has 0 spiro atoms. The van der Waals surface area contributed by atoms with Crippen molar-refractivity contribution in [3.05, 3.63) is 16.9 Å². The molecule has 19 heavy (non-hydrogen) atoms. The monoisotopic (exact) mass is 285 g/mol. The van der Waals surface area contributed by atoms with Gasteiger partial charge in [-0.05, 0) is 33.7 Å². The maximum Gasteiger partial charge on any atom is 0.0834 e. The molecule has 1 saturated heterocycles. The van der Waals surface area contributed by atoms with Gasteiger partial charge in [-0.25, -0.2) is 0 Å². The Hall–Kier alpha value is -0.580. The highest BCUT2D eigenvalue weighted by Gasteiger charge is 2.43. The number of nitrogens with zero attached hydrogens (tertiary/aromatic N) is 2. The molecule has 1 aliphatic rings. The number of ether oxygens (including phenoxy) is 1. The predicted octanol–water partition coefficient (Wildman–Crippen LogP) is 2.88. The molecule has 1 N–H and O–H groups in total. The van der Waals surface area contributed by atoms with Gasteiger partial charge in [0, 0.05) is 12.5 Å². The van der Waals surface area contributed by atoms with Crippen LogP contribution in [0.2, 0.25) is 5.02 Å². The number of rotatable bonds is 4. The summed E-state index contributed by atoms with van der Waals surface area (Å²) >= 11 is 6.34. The van der Waals surface area contributed by atoms with Crippen LogP contribution in [0.5, 0.6) is 0 Å². The summed E-state index contributed by atoms with van der Waals surface area (Å²) in [6.45, 7) is 9.46. The van der Waals surface area contributed by atoms with Gasteiger partial charge in [0.1, 0.15) is 0 Å². The molecule has 5 unspecified atom stereocenters. The number of hydrogen-bond acceptors (Lipinski definition) is 3. The van der Waals surface area contributed by atoms with Crippen LogP contribution in [0.4, 0.5) is 0 Å². The third kappa shape index (κ3) is 2.54. The Balaban J connectivity index is 2.37. The molecule has 0 amide bonds. The highest BCUT2D eigenvalue weighted by molar-refractivity contribution is 6.31. The largest absolute Gasteiger partial charge is 0.375 e. The molecule has 1 aromatic rings. The average molecular weight is 286 g/mol. The minimum atomic E-state index is 0.171. The first-order valence-corrected chi connectivity index (χ1v) is 7.42. The molecule has 0 aromatic carbocycles. The van der Waals surface area contributed by atoms with E-state index in [-0.39, 0.29) is 18.2 Å². The summed E-state index contributed by atoms with van der Waals surface area (Å²) in [5.41, 5.74) is 1.08. The van der Waals surface area contributed by atoms with Crippen molar-refractivity contribution in [3.63, 3.8) is 0 Å². The molecule has 0 radical (unpaired) electrons. The summed E-state index contributed by atoms with van der Waals surface area (Å²) in [5.74, 6) is 0.892. The van der Waals surface area contributed by atoms with Crippen LogP contribution in [-0.4, -0.2) is 29.0 Å². The molecule has 1 aromatic heterocycles. The fourth-order valence-electron chi connectivity index (χ4n) is 3.31. The lowest BCUT2D eigenvalue weighted by molar-refractivity contribution is 0.0474. The molecule has 2 rings (SSSR count). The number of aromatic nitrogens is 2. The first-order valence-electron chi connectivity index (χ1n) is 7.05. The lowest BCUT2D eigenvalue weighted by atomic mass is 9.82. The molecular formula is C14H24ClN3O. The van der Waals surface area contributed by atoms with Crippen molar-refractivity contribution >= 4 is 11.6 Å². The molecule has 2 heterocycles. The van der Waals surface area contributed by atoms with E-state index in [9.17, 15) is 0 Å². The minimum Gasteiger partial charge on any atom is -0.375 e. The van der Waals surface area contributed by atoms with Crippen LogP contribution in [0.1, 0.15) is 39.4 Å². The summed E-state index contributed by atoms with van der Waals surface area (Å²) in [6.07, 6.45) is 2.24. The quantitative estimate of drug-likeness (QED) is 0.925. The molecule has 5 atom stereocenters. The first kappa shape index (κ1) is 14.8. The van der Waals surface area contributed by atoms with Crippen LogP contribution in [0.3, 0.4) is 0 Å². The maximum absolute atomic E-state index is 6.34. The standard InChI is InChI=1S/C14H24ClN3O/c1-6-18-14(11(15)7-17-18)13(16-5)12-8(2)9(3)19-10(12)4/h7-10,12-13,16H,6H2,1-5H3. The van der Waals surface area contributed by atoms with Crippen LogP contribution < -0.4 is 5.32 Å². The van der Waals surface area contributed by atoms with Gasteiger partial charge in [-0.1, -0.05) is 18.5 Å². The first-order chi connectivity index (χ1) is 9.01. The molecule has 1 aliphatic heterocycles. The summed E-state index contributed by atoms with van der Waals surface area (Å²) in [6, 6.07) is 0.171. The zero-order chi connectivity index (χ0) is 14.2. The summed E-state index contributed by atoms with van der Waals surface area (Å²) in [5, 5.41) is 8.50. The van der Waals surface area contributed by atoms with Crippen molar-refractivity contribution in [1.82, 2.24) is 15.1 Å². The van der Waals surface area contributed by atoms with E-state index in [0.717, 1.165) is 17.3 Å². The van der Waals surface area contributed by atoms with E-state index in [1.165, 1.54) is 0 Å². The second kappa shape index (κ2) is 5.81. The van der Waals surface area contributed by atoms with Crippen LogP contribution in [0.25, 0.3) is 0 Å². The predicted molar refractivity (Wildman–Crippen MR) is 77.4 cm³/mol. The highest BCUT2D eigenvalue weighted by Crippen LogP contribution is 2.41. The van der Waals surface area contributed by atoms with Gasteiger partial charge in [0.25, 0.3) is 0 Å². The van der Waals surface area contributed by atoms with Crippen molar-refractivity contribution in [2.45, 2.75) is 52.5 Å². The van der Waals surface area contributed by atoms with E-state index in [4.69, 9.17) is 16.3 Å². The Labute approximate surface area is 120 Å². The van der Waals surface area contributed by atoms with Crippen LogP contribution in [-0.2, 0) is 11.3 Å². The van der Waals surface area contributed by atoms with E-state index in [2.05, 4.69) is 38.1 Å². The van der Waals surface area contributed by atoms with Gasteiger partial charge in [-0.2, -0.15) is 5.10 Å². The van der Waals surface area contributed by atoms with Crippen LogP contribution >= 0.6 is 11.6 Å². The zero-order valence-corrected chi connectivity index (χ0v) is 13.1. The fraction of sp³-hybridized carbons (Fsp3) is 0.786. The Bertz CT molecular complexity index is 434. The lowest BCUT2D eigenvalue weighted by Gasteiger charge is -2.29. The highest BCUT2D eigenvalue weighted by atomic mass is 35.5. The number of nitrogens with one attached hydrogen (secondary N) is 1. The van der Waals surface area contributed by atoms with Gasteiger partial charge in [0.2, 0.25) is 0 Å². The molecule has 4 nitrogen and oxygen atoms in total. The Morgan fingerprint density at radius 1 is 1.42 bits per heavy atom. The van der Waals surface area contributed by atoms with Gasteiger partial charge in [-0.3, -0.25) is 4.68 Å². The third-order valence-electron chi connectivity index (χ3n) is 4.44. The molecule has 108 valence electrons. The van der Waals surface area contributed by atoms with E-state index in [1.807, 2.05) is 11.7 Å². The topological polar surface area (TPSA) is 39.1 Å². The van der Waals surface area contributed by atoms with E-state index >= 15 is 0 Å². The van der Waals surface area contributed by atoms with Gasteiger partial charge in [0.05, 0.1) is 35.2 Å².